The Kier molecular flexibility index (Phi) is 2.34. The van der Waals surface area contributed by atoms with Crippen LogP contribution in [-0.4, -0.2) is 0 Å². The van der Waals surface area contributed by atoms with Crippen LogP contribution in [0.25, 0.3) is 11.0 Å². The van der Waals surface area contributed by atoms with Crippen LogP contribution in [-0.2, 0) is 6.42 Å². The summed E-state index contributed by atoms with van der Waals surface area (Å²) in [6.45, 7) is 8.79. The van der Waals surface area contributed by atoms with Gasteiger partial charge in [0.05, 0.1) is 0 Å². The van der Waals surface area contributed by atoms with E-state index >= 15 is 0 Å². The molecule has 0 saturated heterocycles. The first kappa shape index (κ1) is 10.3. The molecule has 0 N–H and O–H groups in total. The predicted octanol–water partition coefficient (Wildman–Crippen LogP) is 4.33. The van der Waals surface area contributed by atoms with Crippen LogP contribution in [0.3, 0.4) is 0 Å². The van der Waals surface area contributed by atoms with Gasteiger partial charge in [0, 0.05) is 11.8 Å². The number of hydrogen-bond acceptors (Lipinski definition) is 1. The van der Waals surface area contributed by atoms with Gasteiger partial charge in [-0.3, -0.25) is 0 Å². The third kappa shape index (κ3) is 2.41. The van der Waals surface area contributed by atoms with Gasteiger partial charge >= 0.3 is 0 Å². The molecule has 0 amide bonds. The lowest BCUT2D eigenvalue weighted by molar-refractivity contribution is 0.370. The average molecular weight is 202 g/mol. The molecule has 0 bridgehead atoms. The molecule has 0 radical (unpaired) electrons. The van der Waals surface area contributed by atoms with Gasteiger partial charge in [-0.15, -0.1) is 0 Å². The lowest BCUT2D eigenvalue weighted by atomic mass is 9.91. The lowest BCUT2D eigenvalue weighted by Gasteiger charge is -2.15. The Bertz CT molecular complexity index is 472. The maximum atomic E-state index is 5.80. The van der Waals surface area contributed by atoms with E-state index in [1.54, 1.807) is 0 Å². The highest BCUT2D eigenvalue weighted by Gasteiger charge is 2.14. The summed E-state index contributed by atoms with van der Waals surface area (Å²) in [5.74, 6) is 1.09. The highest BCUT2D eigenvalue weighted by atomic mass is 16.3. The smallest absolute Gasteiger partial charge is 0.134 e. The molecule has 0 aliphatic rings. The minimum absolute atomic E-state index is 0.281. The second kappa shape index (κ2) is 3.41. The molecule has 0 saturated carbocycles. The second-order valence-corrected chi connectivity index (χ2v) is 5.49. The SMILES string of the molecule is Cc1ccc2oc(CC(C)(C)C)cc2c1. The molecule has 0 atom stereocenters. The summed E-state index contributed by atoms with van der Waals surface area (Å²) in [6, 6.07) is 8.47. The highest BCUT2D eigenvalue weighted by molar-refractivity contribution is 5.78. The maximum absolute atomic E-state index is 5.80. The van der Waals surface area contributed by atoms with Crippen molar-refractivity contribution in [1.82, 2.24) is 0 Å². The molecule has 0 spiro atoms. The van der Waals surface area contributed by atoms with Gasteiger partial charge in [-0.2, -0.15) is 0 Å². The van der Waals surface area contributed by atoms with E-state index in [1.165, 1.54) is 10.9 Å². The summed E-state index contributed by atoms with van der Waals surface area (Å²) in [4.78, 5) is 0. The van der Waals surface area contributed by atoms with Crippen LogP contribution in [0, 0.1) is 12.3 Å². The van der Waals surface area contributed by atoms with Crippen molar-refractivity contribution in [2.75, 3.05) is 0 Å². The fourth-order valence-electron chi connectivity index (χ4n) is 1.83. The van der Waals surface area contributed by atoms with Crippen molar-refractivity contribution in [1.29, 1.82) is 0 Å². The van der Waals surface area contributed by atoms with Crippen molar-refractivity contribution >= 4 is 11.0 Å². The molecule has 80 valence electrons. The molecule has 1 heterocycles. The molecule has 0 unspecified atom stereocenters. The van der Waals surface area contributed by atoms with Gasteiger partial charge in [0.1, 0.15) is 11.3 Å². The van der Waals surface area contributed by atoms with Crippen molar-refractivity contribution in [3.05, 3.63) is 35.6 Å². The number of benzene rings is 1. The summed E-state index contributed by atoms with van der Waals surface area (Å²) < 4.78 is 5.80. The minimum atomic E-state index is 0.281. The number of hydrogen-bond donors (Lipinski definition) is 0. The topological polar surface area (TPSA) is 13.1 Å². The van der Waals surface area contributed by atoms with Crippen LogP contribution in [0.4, 0.5) is 0 Å². The predicted molar refractivity (Wildman–Crippen MR) is 64.1 cm³/mol. The minimum Gasteiger partial charge on any atom is -0.461 e. The van der Waals surface area contributed by atoms with Crippen LogP contribution in [0.5, 0.6) is 0 Å². The van der Waals surface area contributed by atoms with Gasteiger partial charge in [0.2, 0.25) is 0 Å². The van der Waals surface area contributed by atoms with Crippen LogP contribution < -0.4 is 0 Å². The molecule has 2 rings (SSSR count). The van der Waals surface area contributed by atoms with Crippen molar-refractivity contribution in [2.45, 2.75) is 34.1 Å². The maximum Gasteiger partial charge on any atom is 0.134 e. The van der Waals surface area contributed by atoms with Gasteiger partial charge in [-0.25, -0.2) is 0 Å². The quantitative estimate of drug-likeness (QED) is 0.670. The van der Waals surface area contributed by atoms with E-state index in [-0.39, 0.29) is 5.41 Å². The first-order valence-electron chi connectivity index (χ1n) is 5.43. The third-order valence-corrected chi connectivity index (χ3v) is 2.43. The first-order valence-corrected chi connectivity index (χ1v) is 5.43. The Balaban J connectivity index is 2.39. The molecule has 1 aromatic carbocycles. The zero-order valence-corrected chi connectivity index (χ0v) is 9.92. The van der Waals surface area contributed by atoms with Crippen molar-refractivity contribution in [3.63, 3.8) is 0 Å². The largest absolute Gasteiger partial charge is 0.461 e. The Morgan fingerprint density at radius 3 is 2.53 bits per heavy atom. The molecule has 0 fully saturated rings. The molecule has 2 aromatic rings. The van der Waals surface area contributed by atoms with Crippen molar-refractivity contribution in [3.8, 4) is 0 Å². The van der Waals surface area contributed by atoms with Gasteiger partial charge in [-0.05, 0) is 30.5 Å². The molecule has 0 aliphatic carbocycles. The molecule has 15 heavy (non-hydrogen) atoms. The molecule has 1 heteroatoms. The summed E-state index contributed by atoms with van der Waals surface area (Å²) >= 11 is 0. The van der Waals surface area contributed by atoms with E-state index in [0.29, 0.717) is 0 Å². The van der Waals surface area contributed by atoms with Crippen molar-refractivity contribution < 1.29 is 4.42 Å². The fraction of sp³-hybridized carbons (Fsp3) is 0.429. The van der Waals surface area contributed by atoms with E-state index in [1.807, 2.05) is 0 Å². The van der Waals surface area contributed by atoms with E-state index < -0.39 is 0 Å². The van der Waals surface area contributed by atoms with E-state index in [2.05, 4.69) is 52.0 Å². The Morgan fingerprint density at radius 2 is 1.87 bits per heavy atom. The normalized spacial score (nSPS) is 12.3. The summed E-state index contributed by atoms with van der Waals surface area (Å²) in [5, 5.41) is 1.22. The van der Waals surface area contributed by atoms with E-state index in [0.717, 1.165) is 17.8 Å². The fourth-order valence-corrected chi connectivity index (χ4v) is 1.83. The second-order valence-electron chi connectivity index (χ2n) is 5.49. The number of rotatable bonds is 1. The third-order valence-electron chi connectivity index (χ3n) is 2.43. The Hall–Kier alpha value is -1.24. The number of aryl methyl sites for hydroxylation is 1. The Morgan fingerprint density at radius 1 is 1.13 bits per heavy atom. The molecular formula is C14H18O. The zero-order valence-electron chi connectivity index (χ0n) is 9.92. The first-order chi connectivity index (χ1) is 6.94. The van der Waals surface area contributed by atoms with Gasteiger partial charge < -0.3 is 4.42 Å². The van der Waals surface area contributed by atoms with Crippen molar-refractivity contribution in [2.24, 2.45) is 5.41 Å². The zero-order chi connectivity index (χ0) is 11.1. The van der Waals surface area contributed by atoms with Crippen LogP contribution in [0.1, 0.15) is 32.1 Å². The molecule has 1 aromatic heterocycles. The summed E-state index contributed by atoms with van der Waals surface area (Å²) in [7, 11) is 0. The van der Waals surface area contributed by atoms with E-state index in [4.69, 9.17) is 4.42 Å². The molecular weight excluding hydrogens is 184 g/mol. The van der Waals surface area contributed by atoms with Gasteiger partial charge in [-0.1, -0.05) is 32.4 Å². The number of fused-ring (bicyclic) bond motifs is 1. The van der Waals surface area contributed by atoms with Gasteiger partial charge in [0.25, 0.3) is 0 Å². The highest BCUT2D eigenvalue weighted by Crippen LogP contribution is 2.26. The van der Waals surface area contributed by atoms with E-state index in [9.17, 15) is 0 Å². The summed E-state index contributed by atoms with van der Waals surface area (Å²) in [5.41, 5.74) is 2.56. The average Bonchev–Trinajstić information content (AvgIpc) is 2.42. The van der Waals surface area contributed by atoms with Crippen LogP contribution in [0.2, 0.25) is 0 Å². The van der Waals surface area contributed by atoms with Gasteiger partial charge in [0.15, 0.2) is 0 Å². The molecule has 0 aliphatic heterocycles. The number of furan rings is 1. The van der Waals surface area contributed by atoms with Crippen LogP contribution in [0.15, 0.2) is 28.7 Å². The standard InChI is InChI=1S/C14H18O/c1-10-5-6-13-11(7-10)8-12(15-13)9-14(2,3)4/h5-8H,9H2,1-4H3. The Labute approximate surface area is 91.1 Å². The molecule has 1 nitrogen and oxygen atoms in total. The van der Waals surface area contributed by atoms with Crippen LogP contribution >= 0.6 is 0 Å². The lowest BCUT2D eigenvalue weighted by Crippen LogP contribution is -2.08. The summed E-state index contributed by atoms with van der Waals surface area (Å²) in [6.07, 6.45) is 0.987. The monoisotopic (exact) mass is 202 g/mol.